The Morgan fingerprint density at radius 1 is 0.946 bits per heavy atom. The summed E-state index contributed by atoms with van der Waals surface area (Å²) in [4.78, 5) is 8.69. The van der Waals surface area contributed by atoms with Crippen molar-refractivity contribution in [3.63, 3.8) is 0 Å². The Kier molecular flexibility index (Phi) is 6.46. The average Bonchev–Trinajstić information content (AvgIpc) is 3.28. The molecule has 0 saturated heterocycles. The first kappa shape index (κ1) is 24.6. The molecule has 2 heterocycles. The van der Waals surface area contributed by atoms with Gasteiger partial charge in [0.2, 0.25) is 0 Å². The number of nitrogens with one attached hydrogen (secondary N) is 1. The van der Waals surface area contributed by atoms with Crippen molar-refractivity contribution in [3.05, 3.63) is 77.7 Å². The normalized spacial score (nSPS) is 11.6. The van der Waals surface area contributed by atoms with E-state index in [9.17, 15) is 17.6 Å². The van der Waals surface area contributed by atoms with Gasteiger partial charge in [0, 0.05) is 30.3 Å². The molecule has 0 aliphatic rings. The van der Waals surface area contributed by atoms with Crippen molar-refractivity contribution in [2.24, 2.45) is 0 Å². The summed E-state index contributed by atoms with van der Waals surface area (Å²) in [7, 11) is 3.02. The number of benzene rings is 3. The van der Waals surface area contributed by atoms with Crippen molar-refractivity contribution in [3.8, 4) is 23.0 Å². The molecule has 5 aromatic rings. The van der Waals surface area contributed by atoms with E-state index in [1.807, 2.05) is 0 Å². The number of ether oxygens (including phenoxy) is 3. The van der Waals surface area contributed by atoms with E-state index in [-0.39, 0.29) is 12.3 Å². The summed E-state index contributed by atoms with van der Waals surface area (Å²) < 4.78 is 71.2. The molecule has 3 aromatic carbocycles. The third-order valence-corrected chi connectivity index (χ3v) is 6.55. The van der Waals surface area contributed by atoms with Gasteiger partial charge in [-0.2, -0.15) is 13.2 Å². The maximum atomic E-state index is 14.9. The monoisotopic (exact) mass is 529 g/mol. The van der Waals surface area contributed by atoms with Crippen LogP contribution in [0.4, 0.5) is 22.7 Å². The van der Waals surface area contributed by atoms with E-state index < -0.39 is 17.6 Å². The van der Waals surface area contributed by atoms with Gasteiger partial charge in [0.25, 0.3) is 0 Å². The van der Waals surface area contributed by atoms with Crippen molar-refractivity contribution < 1.29 is 31.8 Å². The smallest absolute Gasteiger partial charge is 0.416 e. The van der Waals surface area contributed by atoms with Crippen LogP contribution in [0.1, 0.15) is 11.1 Å². The van der Waals surface area contributed by atoms with Crippen molar-refractivity contribution >= 4 is 37.6 Å². The molecule has 0 radical (unpaired) electrons. The van der Waals surface area contributed by atoms with E-state index >= 15 is 0 Å². The van der Waals surface area contributed by atoms with Crippen LogP contribution in [0.3, 0.4) is 0 Å². The highest BCUT2D eigenvalue weighted by atomic mass is 32.1. The molecule has 190 valence electrons. The van der Waals surface area contributed by atoms with Crippen LogP contribution >= 0.6 is 11.3 Å². The van der Waals surface area contributed by atoms with Gasteiger partial charge in [-0.1, -0.05) is 23.5 Å². The lowest BCUT2D eigenvalue weighted by Gasteiger charge is -2.13. The maximum absolute atomic E-state index is 14.9. The minimum atomic E-state index is -4.42. The second-order valence-corrected chi connectivity index (χ2v) is 8.96. The highest BCUT2D eigenvalue weighted by Crippen LogP contribution is 2.40. The fourth-order valence-electron chi connectivity index (χ4n) is 3.83. The summed E-state index contributed by atoms with van der Waals surface area (Å²) in [6.07, 6.45) is -2.89. The second-order valence-electron chi connectivity index (χ2n) is 7.93. The molecule has 0 fully saturated rings. The zero-order chi connectivity index (χ0) is 26.2. The zero-order valence-electron chi connectivity index (χ0n) is 19.5. The maximum Gasteiger partial charge on any atom is 0.416 e. The fourth-order valence-corrected chi connectivity index (χ4v) is 4.70. The van der Waals surface area contributed by atoms with E-state index in [4.69, 9.17) is 14.2 Å². The number of methoxy groups -OCH3 is 2. The predicted molar refractivity (Wildman–Crippen MR) is 133 cm³/mol. The number of alkyl halides is 3. The van der Waals surface area contributed by atoms with Crippen LogP contribution in [-0.2, 0) is 12.7 Å². The SMILES string of the molecule is COc1ccc2c(Oc3cc4sc(NCc5cccc(C(F)(F)F)c5)nc4cc3F)ccnc2c1OC. The van der Waals surface area contributed by atoms with Gasteiger partial charge in [0.05, 0.1) is 30.0 Å². The molecule has 37 heavy (non-hydrogen) atoms. The van der Waals surface area contributed by atoms with Gasteiger partial charge in [-0.3, -0.25) is 4.98 Å². The van der Waals surface area contributed by atoms with Crippen LogP contribution in [-0.4, -0.2) is 24.2 Å². The van der Waals surface area contributed by atoms with E-state index in [0.29, 0.717) is 49.1 Å². The number of thiazole rings is 1. The van der Waals surface area contributed by atoms with E-state index in [2.05, 4.69) is 15.3 Å². The van der Waals surface area contributed by atoms with E-state index in [1.54, 1.807) is 24.3 Å². The van der Waals surface area contributed by atoms with Crippen molar-refractivity contribution in [2.75, 3.05) is 19.5 Å². The quantitative estimate of drug-likeness (QED) is 0.221. The minimum absolute atomic E-state index is 0.0112. The van der Waals surface area contributed by atoms with Crippen molar-refractivity contribution in [1.29, 1.82) is 0 Å². The first-order valence-electron chi connectivity index (χ1n) is 10.9. The van der Waals surface area contributed by atoms with Gasteiger partial charge in [0.1, 0.15) is 11.3 Å². The number of nitrogens with zero attached hydrogens (tertiary/aromatic N) is 2. The van der Waals surface area contributed by atoms with Gasteiger partial charge < -0.3 is 19.5 Å². The van der Waals surface area contributed by atoms with Gasteiger partial charge in [0.15, 0.2) is 28.2 Å². The Bertz CT molecular complexity index is 1600. The predicted octanol–water partition coefficient (Wildman–Crippen LogP) is 7.42. The van der Waals surface area contributed by atoms with Crippen molar-refractivity contribution in [1.82, 2.24) is 9.97 Å². The largest absolute Gasteiger partial charge is 0.493 e. The van der Waals surface area contributed by atoms with Crippen LogP contribution in [0, 0.1) is 5.82 Å². The lowest BCUT2D eigenvalue weighted by Crippen LogP contribution is -2.06. The molecule has 0 aliphatic heterocycles. The molecular weight excluding hydrogens is 510 g/mol. The summed E-state index contributed by atoms with van der Waals surface area (Å²) in [5, 5.41) is 4.05. The lowest BCUT2D eigenvalue weighted by molar-refractivity contribution is -0.137. The molecule has 5 rings (SSSR count). The molecule has 6 nitrogen and oxygen atoms in total. The molecule has 0 aliphatic carbocycles. The number of fused-ring (bicyclic) bond motifs is 2. The molecule has 1 N–H and O–H groups in total. The fraction of sp³-hybridized carbons (Fsp3) is 0.154. The number of hydrogen-bond acceptors (Lipinski definition) is 7. The van der Waals surface area contributed by atoms with Crippen LogP contribution in [0.25, 0.3) is 21.1 Å². The van der Waals surface area contributed by atoms with Gasteiger partial charge in [-0.05, 0) is 35.9 Å². The lowest BCUT2D eigenvalue weighted by atomic mass is 10.1. The molecule has 11 heteroatoms. The molecule has 0 saturated carbocycles. The summed E-state index contributed by atoms with van der Waals surface area (Å²) in [5.74, 6) is 0.675. The minimum Gasteiger partial charge on any atom is -0.493 e. The standard InChI is InChI=1S/C26H19F4N3O3S/c1-34-20-7-6-16-19(8-9-31-23(16)24(20)35-2)36-21-12-22-18(11-17(21)27)33-25(37-22)32-13-14-4-3-5-15(10-14)26(28,29)30/h3-12H,13H2,1-2H3,(H,32,33). The number of halogens is 4. The first-order chi connectivity index (χ1) is 17.8. The molecule has 0 atom stereocenters. The van der Waals surface area contributed by atoms with Crippen LogP contribution in [0.15, 0.2) is 60.8 Å². The average molecular weight is 530 g/mol. The summed E-state index contributed by atoms with van der Waals surface area (Å²) in [6.45, 7) is 0.129. The Hall–Kier alpha value is -4.12. The number of rotatable bonds is 7. The van der Waals surface area contributed by atoms with Gasteiger partial charge in [-0.25, -0.2) is 9.37 Å². The Morgan fingerprint density at radius 2 is 1.78 bits per heavy atom. The van der Waals surface area contributed by atoms with Gasteiger partial charge >= 0.3 is 6.18 Å². The third kappa shape index (κ3) is 4.94. The number of hydrogen-bond donors (Lipinski definition) is 1. The number of pyridine rings is 1. The van der Waals surface area contributed by atoms with Crippen LogP contribution in [0.2, 0.25) is 0 Å². The van der Waals surface area contributed by atoms with Gasteiger partial charge in [-0.15, -0.1) is 0 Å². The number of anilines is 1. The Balaban J connectivity index is 1.40. The number of aromatic nitrogens is 2. The van der Waals surface area contributed by atoms with Crippen molar-refractivity contribution in [2.45, 2.75) is 12.7 Å². The summed E-state index contributed by atoms with van der Waals surface area (Å²) in [5.41, 5.74) is 0.618. The Labute approximate surface area is 212 Å². The Morgan fingerprint density at radius 3 is 2.54 bits per heavy atom. The zero-order valence-corrected chi connectivity index (χ0v) is 20.3. The van der Waals surface area contributed by atoms with Crippen LogP contribution < -0.4 is 19.5 Å². The summed E-state index contributed by atoms with van der Waals surface area (Å²) >= 11 is 1.23. The second kappa shape index (κ2) is 9.74. The van der Waals surface area contributed by atoms with Crippen LogP contribution in [0.5, 0.6) is 23.0 Å². The third-order valence-electron chi connectivity index (χ3n) is 5.57. The summed E-state index contributed by atoms with van der Waals surface area (Å²) in [6, 6.07) is 12.9. The molecule has 0 amide bonds. The van der Waals surface area contributed by atoms with E-state index in [1.165, 1.54) is 50.0 Å². The van der Waals surface area contributed by atoms with E-state index in [0.717, 1.165) is 12.1 Å². The highest BCUT2D eigenvalue weighted by molar-refractivity contribution is 7.22. The molecule has 0 unspecified atom stereocenters. The highest BCUT2D eigenvalue weighted by Gasteiger charge is 2.30. The topological polar surface area (TPSA) is 65.5 Å². The first-order valence-corrected chi connectivity index (χ1v) is 11.8. The molecule has 0 bridgehead atoms. The molecule has 0 spiro atoms. The molecule has 2 aromatic heterocycles. The molecular formula is C26H19F4N3O3S.